The standard InChI is InChI=1S/C28H28N2O3/c1-32-25-16-22-21-10-6-7-11-24(21)29-28(23(22)17-26(25)33-2)20-14-12-19(13-15-20)27(30-31)18-8-4-3-5-9-18/h3-5,8-9,12-17,21,24,31H,6-7,10-11H2,1-2H3/b30-27+/t21-,24-/m1/s1. The summed E-state index contributed by atoms with van der Waals surface area (Å²) in [5, 5.41) is 13.2. The topological polar surface area (TPSA) is 63.4 Å². The van der Waals surface area contributed by atoms with Crippen LogP contribution in [0.25, 0.3) is 0 Å². The maximum Gasteiger partial charge on any atom is 0.161 e. The van der Waals surface area contributed by atoms with Crippen LogP contribution < -0.4 is 9.47 Å². The molecule has 0 bridgehead atoms. The number of nitrogens with zero attached hydrogens (tertiary/aromatic N) is 2. The van der Waals surface area contributed by atoms with Gasteiger partial charge in [0.15, 0.2) is 11.5 Å². The minimum atomic E-state index is 0.290. The van der Waals surface area contributed by atoms with E-state index in [4.69, 9.17) is 14.5 Å². The fraction of sp³-hybridized carbons (Fsp3) is 0.286. The van der Waals surface area contributed by atoms with Crippen LogP contribution >= 0.6 is 0 Å². The average Bonchev–Trinajstić information content (AvgIpc) is 2.89. The van der Waals surface area contributed by atoms with Crippen molar-refractivity contribution in [1.82, 2.24) is 0 Å². The summed E-state index contributed by atoms with van der Waals surface area (Å²) in [6.07, 6.45) is 4.70. The third-order valence-corrected chi connectivity index (χ3v) is 6.81. The summed E-state index contributed by atoms with van der Waals surface area (Å²) in [5.74, 6) is 1.90. The van der Waals surface area contributed by atoms with Gasteiger partial charge < -0.3 is 14.7 Å². The van der Waals surface area contributed by atoms with Gasteiger partial charge in [0.2, 0.25) is 0 Å². The van der Waals surface area contributed by atoms with E-state index in [9.17, 15) is 5.21 Å². The van der Waals surface area contributed by atoms with Crippen molar-refractivity contribution in [2.24, 2.45) is 10.1 Å². The zero-order valence-corrected chi connectivity index (χ0v) is 19.0. The Morgan fingerprint density at radius 2 is 1.55 bits per heavy atom. The molecule has 1 aliphatic carbocycles. The first kappa shape index (κ1) is 21.3. The molecule has 2 aliphatic rings. The number of oxime groups is 1. The first-order chi connectivity index (χ1) is 16.2. The molecule has 0 radical (unpaired) electrons. The molecule has 0 saturated heterocycles. The molecule has 1 aliphatic heterocycles. The molecule has 0 spiro atoms. The van der Waals surface area contributed by atoms with Gasteiger partial charge in [-0.1, -0.05) is 72.6 Å². The van der Waals surface area contributed by atoms with Gasteiger partial charge in [0.25, 0.3) is 0 Å². The van der Waals surface area contributed by atoms with Crippen LogP contribution in [-0.4, -0.2) is 36.9 Å². The van der Waals surface area contributed by atoms with Crippen molar-refractivity contribution in [2.45, 2.75) is 37.6 Å². The minimum absolute atomic E-state index is 0.290. The van der Waals surface area contributed by atoms with Gasteiger partial charge in [-0.15, -0.1) is 0 Å². The lowest BCUT2D eigenvalue weighted by atomic mass is 9.75. The number of aliphatic imine (C=N–C) groups is 1. The number of hydrogen-bond acceptors (Lipinski definition) is 5. The third kappa shape index (κ3) is 3.88. The molecule has 0 unspecified atom stereocenters. The van der Waals surface area contributed by atoms with Crippen LogP contribution in [-0.2, 0) is 0 Å². The summed E-state index contributed by atoms with van der Waals surface area (Å²) in [4.78, 5) is 5.24. The van der Waals surface area contributed by atoms with Crippen LogP contribution in [0, 0.1) is 0 Å². The highest BCUT2D eigenvalue weighted by Crippen LogP contribution is 2.44. The summed E-state index contributed by atoms with van der Waals surface area (Å²) in [6, 6.07) is 22.3. The molecule has 3 aromatic rings. The lowest BCUT2D eigenvalue weighted by molar-refractivity contribution is 0.319. The Morgan fingerprint density at radius 3 is 2.24 bits per heavy atom. The summed E-state index contributed by atoms with van der Waals surface area (Å²) in [5.41, 5.74) is 6.72. The Balaban J connectivity index is 1.57. The van der Waals surface area contributed by atoms with Crippen LogP contribution in [0.2, 0.25) is 0 Å². The Kier molecular flexibility index (Phi) is 5.86. The fourth-order valence-corrected chi connectivity index (χ4v) is 5.16. The molecular formula is C28H28N2O3. The molecule has 1 fully saturated rings. The van der Waals surface area contributed by atoms with Crippen molar-refractivity contribution >= 4 is 11.4 Å². The molecule has 5 nitrogen and oxygen atoms in total. The molecule has 5 rings (SSSR count). The predicted octanol–water partition coefficient (Wildman–Crippen LogP) is 5.81. The zero-order chi connectivity index (χ0) is 22.8. The molecule has 1 saturated carbocycles. The van der Waals surface area contributed by atoms with Crippen LogP contribution in [0.15, 0.2) is 76.9 Å². The highest BCUT2D eigenvalue weighted by atomic mass is 16.5. The number of hydrogen-bond donors (Lipinski definition) is 1. The van der Waals surface area contributed by atoms with Crippen molar-refractivity contribution < 1.29 is 14.7 Å². The van der Waals surface area contributed by atoms with E-state index in [1.165, 1.54) is 18.4 Å². The minimum Gasteiger partial charge on any atom is -0.493 e. The quantitative estimate of drug-likeness (QED) is 0.309. The molecule has 5 heteroatoms. The van der Waals surface area contributed by atoms with Gasteiger partial charge in [-0.25, -0.2) is 0 Å². The van der Waals surface area contributed by atoms with Gasteiger partial charge in [0.05, 0.1) is 26.0 Å². The number of rotatable bonds is 5. The second kappa shape index (κ2) is 9.10. The lowest BCUT2D eigenvalue weighted by Gasteiger charge is -2.35. The normalized spacial score (nSPS) is 19.8. The average molecular weight is 441 g/mol. The van der Waals surface area contributed by atoms with E-state index in [0.717, 1.165) is 46.6 Å². The number of methoxy groups -OCH3 is 2. The second-order valence-corrected chi connectivity index (χ2v) is 8.62. The van der Waals surface area contributed by atoms with Gasteiger partial charge in [0.1, 0.15) is 5.71 Å². The Labute approximate surface area is 194 Å². The molecular weight excluding hydrogens is 412 g/mol. The van der Waals surface area contributed by atoms with Gasteiger partial charge in [-0.05, 0) is 30.5 Å². The largest absolute Gasteiger partial charge is 0.493 e. The number of benzene rings is 3. The maximum atomic E-state index is 9.66. The van der Waals surface area contributed by atoms with E-state index in [2.05, 4.69) is 29.4 Å². The Bertz CT molecular complexity index is 1200. The number of ether oxygens (including phenoxy) is 2. The van der Waals surface area contributed by atoms with Crippen molar-refractivity contribution in [2.75, 3.05) is 14.2 Å². The molecule has 0 amide bonds. The van der Waals surface area contributed by atoms with E-state index >= 15 is 0 Å². The highest BCUT2D eigenvalue weighted by molar-refractivity contribution is 6.16. The first-order valence-corrected chi connectivity index (χ1v) is 11.5. The molecule has 1 N–H and O–H groups in total. The van der Waals surface area contributed by atoms with E-state index in [1.807, 2.05) is 42.5 Å². The van der Waals surface area contributed by atoms with Gasteiger partial charge in [0, 0.05) is 28.2 Å². The van der Waals surface area contributed by atoms with Gasteiger partial charge in [-0.2, -0.15) is 0 Å². The van der Waals surface area contributed by atoms with Crippen LogP contribution in [0.4, 0.5) is 0 Å². The van der Waals surface area contributed by atoms with Crippen molar-refractivity contribution in [1.29, 1.82) is 0 Å². The van der Waals surface area contributed by atoms with Crippen LogP contribution in [0.1, 0.15) is 59.4 Å². The second-order valence-electron chi connectivity index (χ2n) is 8.62. The predicted molar refractivity (Wildman–Crippen MR) is 130 cm³/mol. The highest BCUT2D eigenvalue weighted by Gasteiger charge is 2.34. The Morgan fingerprint density at radius 1 is 0.879 bits per heavy atom. The third-order valence-electron chi connectivity index (χ3n) is 6.81. The number of fused-ring (bicyclic) bond motifs is 3. The van der Waals surface area contributed by atoms with Gasteiger partial charge in [-0.3, -0.25) is 4.99 Å². The maximum absolute atomic E-state index is 9.66. The summed E-state index contributed by atoms with van der Waals surface area (Å²) in [7, 11) is 3.35. The van der Waals surface area contributed by atoms with E-state index in [1.54, 1.807) is 14.2 Å². The molecule has 3 aromatic carbocycles. The first-order valence-electron chi connectivity index (χ1n) is 11.5. The van der Waals surface area contributed by atoms with E-state index in [-0.39, 0.29) is 6.04 Å². The fourth-order valence-electron chi connectivity index (χ4n) is 5.16. The SMILES string of the molecule is COc1cc2c(cc1OC)[C@H]1CCCC[C@H]1N=C2c1ccc(/C(=N/O)c2ccccc2)cc1. The Hall–Kier alpha value is -3.60. The van der Waals surface area contributed by atoms with E-state index in [0.29, 0.717) is 17.4 Å². The molecule has 33 heavy (non-hydrogen) atoms. The van der Waals surface area contributed by atoms with Gasteiger partial charge >= 0.3 is 0 Å². The molecule has 2 atom stereocenters. The van der Waals surface area contributed by atoms with Crippen LogP contribution in [0.5, 0.6) is 11.5 Å². The van der Waals surface area contributed by atoms with Crippen LogP contribution in [0.3, 0.4) is 0 Å². The summed E-state index contributed by atoms with van der Waals surface area (Å²) >= 11 is 0. The smallest absolute Gasteiger partial charge is 0.161 e. The molecule has 168 valence electrons. The monoisotopic (exact) mass is 440 g/mol. The molecule has 1 heterocycles. The summed E-state index contributed by atoms with van der Waals surface area (Å²) in [6.45, 7) is 0. The lowest BCUT2D eigenvalue weighted by Crippen LogP contribution is -2.29. The van der Waals surface area contributed by atoms with Crippen molar-refractivity contribution in [3.8, 4) is 11.5 Å². The summed E-state index contributed by atoms with van der Waals surface area (Å²) < 4.78 is 11.2. The van der Waals surface area contributed by atoms with E-state index < -0.39 is 0 Å². The van der Waals surface area contributed by atoms with Crippen molar-refractivity contribution in [3.63, 3.8) is 0 Å². The molecule has 0 aromatic heterocycles. The van der Waals surface area contributed by atoms with Crippen molar-refractivity contribution in [3.05, 3.63) is 94.5 Å². The zero-order valence-electron chi connectivity index (χ0n) is 19.0.